The maximum Gasteiger partial charge on any atom is 0.308 e. The van der Waals surface area contributed by atoms with E-state index in [1.165, 1.54) is 12.8 Å². The lowest BCUT2D eigenvalue weighted by Gasteiger charge is -2.36. The summed E-state index contributed by atoms with van der Waals surface area (Å²) in [7, 11) is 0. The molecule has 94 valence electrons. The SMILES string of the molecule is CC1CCC(C(=O)O)CN1C(=O)C1CC12CC2. The normalized spacial score (nSPS) is 37.9. The first-order valence-corrected chi connectivity index (χ1v) is 6.57. The molecule has 1 aliphatic heterocycles. The van der Waals surface area contributed by atoms with E-state index >= 15 is 0 Å². The van der Waals surface area contributed by atoms with Crippen LogP contribution in [0.4, 0.5) is 0 Å². The number of hydrogen-bond acceptors (Lipinski definition) is 2. The zero-order valence-electron chi connectivity index (χ0n) is 10.2. The summed E-state index contributed by atoms with van der Waals surface area (Å²) < 4.78 is 0. The van der Waals surface area contributed by atoms with Crippen LogP contribution in [-0.2, 0) is 9.59 Å². The van der Waals surface area contributed by atoms with Crippen LogP contribution < -0.4 is 0 Å². The highest BCUT2D eigenvalue weighted by Crippen LogP contribution is 2.71. The Bertz CT molecular complexity index is 375. The van der Waals surface area contributed by atoms with Crippen molar-refractivity contribution in [3.05, 3.63) is 0 Å². The Kier molecular flexibility index (Phi) is 2.25. The van der Waals surface area contributed by atoms with E-state index in [0.717, 1.165) is 12.8 Å². The second-order valence-corrected chi connectivity index (χ2v) is 6.07. The van der Waals surface area contributed by atoms with E-state index in [-0.39, 0.29) is 23.8 Å². The molecule has 3 rings (SSSR count). The topological polar surface area (TPSA) is 57.6 Å². The summed E-state index contributed by atoms with van der Waals surface area (Å²) in [5.41, 5.74) is 0.368. The quantitative estimate of drug-likeness (QED) is 0.791. The summed E-state index contributed by atoms with van der Waals surface area (Å²) in [5, 5.41) is 9.06. The molecule has 3 atom stereocenters. The maximum atomic E-state index is 12.3. The fraction of sp³-hybridized carbons (Fsp3) is 0.846. The number of carboxylic acid groups (broad SMARTS) is 1. The van der Waals surface area contributed by atoms with Gasteiger partial charge in [0.15, 0.2) is 0 Å². The average Bonchev–Trinajstić information content (AvgIpc) is 3.19. The summed E-state index contributed by atoms with van der Waals surface area (Å²) in [5.74, 6) is -0.672. The van der Waals surface area contributed by atoms with Gasteiger partial charge in [-0.1, -0.05) is 0 Å². The van der Waals surface area contributed by atoms with E-state index in [9.17, 15) is 9.59 Å². The molecule has 0 aromatic heterocycles. The highest BCUT2D eigenvalue weighted by molar-refractivity contribution is 5.84. The van der Waals surface area contributed by atoms with Crippen molar-refractivity contribution >= 4 is 11.9 Å². The zero-order valence-corrected chi connectivity index (χ0v) is 10.2. The summed E-state index contributed by atoms with van der Waals surface area (Å²) >= 11 is 0. The number of rotatable bonds is 2. The zero-order chi connectivity index (χ0) is 12.2. The Morgan fingerprint density at radius 2 is 2.00 bits per heavy atom. The van der Waals surface area contributed by atoms with Crippen molar-refractivity contribution in [3.63, 3.8) is 0 Å². The maximum absolute atomic E-state index is 12.3. The van der Waals surface area contributed by atoms with Gasteiger partial charge >= 0.3 is 5.97 Å². The van der Waals surface area contributed by atoms with Crippen LogP contribution in [-0.4, -0.2) is 34.5 Å². The third-order valence-electron chi connectivity index (χ3n) is 4.89. The van der Waals surface area contributed by atoms with E-state index in [1.54, 1.807) is 0 Å². The molecular formula is C13H19NO3. The third kappa shape index (κ3) is 1.74. The molecule has 0 aromatic carbocycles. The van der Waals surface area contributed by atoms with Gasteiger partial charge in [0.2, 0.25) is 5.91 Å². The van der Waals surface area contributed by atoms with Gasteiger partial charge in [-0.2, -0.15) is 0 Å². The molecule has 2 saturated carbocycles. The Labute approximate surface area is 101 Å². The van der Waals surface area contributed by atoms with Crippen molar-refractivity contribution in [2.45, 2.75) is 45.1 Å². The smallest absolute Gasteiger partial charge is 0.308 e. The van der Waals surface area contributed by atoms with Crippen LogP contribution in [0.25, 0.3) is 0 Å². The average molecular weight is 237 g/mol. The molecule has 4 heteroatoms. The number of likely N-dealkylation sites (tertiary alicyclic amines) is 1. The molecular weight excluding hydrogens is 218 g/mol. The monoisotopic (exact) mass is 237 g/mol. The largest absolute Gasteiger partial charge is 0.481 e. The molecule has 2 aliphatic carbocycles. The van der Waals surface area contributed by atoms with E-state index in [1.807, 2.05) is 11.8 Å². The van der Waals surface area contributed by atoms with Crippen molar-refractivity contribution in [3.8, 4) is 0 Å². The molecule has 1 saturated heterocycles. The first kappa shape index (κ1) is 11.1. The van der Waals surface area contributed by atoms with Crippen molar-refractivity contribution in [2.75, 3.05) is 6.54 Å². The Morgan fingerprint density at radius 1 is 1.29 bits per heavy atom. The van der Waals surface area contributed by atoms with Gasteiger partial charge in [0.25, 0.3) is 0 Å². The Morgan fingerprint density at radius 3 is 2.53 bits per heavy atom. The molecule has 17 heavy (non-hydrogen) atoms. The Balaban J connectivity index is 1.67. The minimum atomic E-state index is -0.758. The van der Waals surface area contributed by atoms with E-state index < -0.39 is 5.97 Å². The summed E-state index contributed by atoms with van der Waals surface area (Å²) in [6.07, 6.45) is 4.98. The van der Waals surface area contributed by atoms with Crippen LogP contribution in [0.1, 0.15) is 39.0 Å². The lowest BCUT2D eigenvalue weighted by molar-refractivity contribution is -0.147. The van der Waals surface area contributed by atoms with Crippen LogP contribution in [0.2, 0.25) is 0 Å². The first-order chi connectivity index (χ1) is 8.03. The number of piperidine rings is 1. The van der Waals surface area contributed by atoms with Gasteiger partial charge in [-0.15, -0.1) is 0 Å². The highest BCUT2D eigenvalue weighted by Gasteiger charge is 2.66. The molecule has 4 nitrogen and oxygen atoms in total. The molecule has 3 fully saturated rings. The molecule has 3 aliphatic rings. The van der Waals surface area contributed by atoms with Gasteiger partial charge in [-0.3, -0.25) is 9.59 Å². The molecule has 1 amide bonds. The number of aliphatic carboxylic acids is 1. The second-order valence-electron chi connectivity index (χ2n) is 6.07. The standard InChI is InChI=1S/C13H19NO3/c1-8-2-3-9(12(16)17)7-14(8)11(15)10-6-13(10)4-5-13/h8-10H,2-7H2,1H3,(H,16,17). The fourth-order valence-electron chi connectivity index (χ4n) is 3.23. The van der Waals surface area contributed by atoms with Crippen LogP contribution in [0, 0.1) is 17.3 Å². The molecule has 3 unspecified atom stereocenters. The molecule has 0 bridgehead atoms. The van der Waals surface area contributed by atoms with Crippen LogP contribution in [0.3, 0.4) is 0 Å². The number of amides is 1. The minimum Gasteiger partial charge on any atom is -0.481 e. The van der Waals surface area contributed by atoms with Crippen molar-refractivity contribution in [1.29, 1.82) is 0 Å². The third-order valence-corrected chi connectivity index (χ3v) is 4.89. The van der Waals surface area contributed by atoms with E-state index in [2.05, 4.69) is 0 Å². The van der Waals surface area contributed by atoms with Gasteiger partial charge in [0.1, 0.15) is 0 Å². The van der Waals surface area contributed by atoms with Crippen molar-refractivity contribution in [1.82, 2.24) is 4.90 Å². The Hall–Kier alpha value is -1.06. The van der Waals surface area contributed by atoms with Gasteiger partial charge < -0.3 is 10.0 Å². The molecule has 1 N–H and O–H groups in total. The number of carboxylic acids is 1. The van der Waals surface area contributed by atoms with Crippen molar-refractivity contribution in [2.24, 2.45) is 17.3 Å². The van der Waals surface area contributed by atoms with E-state index in [0.29, 0.717) is 18.4 Å². The van der Waals surface area contributed by atoms with E-state index in [4.69, 9.17) is 5.11 Å². The summed E-state index contributed by atoms with van der Waals surface area (Å²) in [6.45, 7) is 2.46. The molecule has 0 radical (unpaired) electrons. The van der Waals surface area contributed by atoms with Gasteiger partial charge in [0, 0.05) is 18.5 Å². The van der Waals surface area contributed by atoms with Gasteiger partial charge in [-0.05, 0) is 44.4 Å². The second kappa shape index (κ2) is 3.47. The summed E-state index contributed by atoms with van der Waals surface area (Å²) in [4.78, 5) is 25.2. The van der Waals surface area contributed by atoms with Crippen LogP contribution in [0.5, 0.6) is 0 Å². The lowest BCUT2D eigenvalue weighted by Crippen LogP contribution is -2.48. The lowest BCUT2D eigenvalue weighted by atomic mass is 9.93. The number of carbonyl (C=O) groups is 2. The number of carbonyl (C=O) groups excluding carboxylic acids is 1. The van der Waals surface area contributed by atoms with Gasteiger partial charge in [-0.25, -0.2) is 0 Å². The number of nitrogens with zero attached hydrogens (tertiary/aromatic N) is 1. The highest BCUT2D eigenvalue weighted by atomic mass is 16.4. The van der Waals surface area contributed by atoms with Crippen LogP contribution >= 0.6 is 0 Å². The van der Waals surface area contributed by atoms with Crippen LogP contribution in [0.15, 0.2) is 0 Å². The summed E-state index contributed by atoms with van der Waals surface area (Å²) in [6, 6.07) is 0.217. The first-order valence-electron chi connectivity index (χ1n) is 6.57. The molecule has 0 aromatic rings. The van der Waals surface area contributed by atoms with Gasteiger partial charge in [0.05, 0.1) is 5.92 Å². The molecule has 1 heterocycles. The predicted molar refractivity (Wildman–Crippen MR) is 61.3 cm³/mol. The molecule has 1 spiro atoms. The fourth-order valence-corrected chi connectivity index (χ4v) is 3.23. The minimum absolute atomic E-state index is 0.217. The van der Waals surface area contributed by atoms with Crippen molar-refractivity contribution < 1.29 is 14.7 Å². The number of hydrogen-bond donors (Lipinski definition) is 1. The predicted octanol–water partition coefficient (Wildman–Crippen LogP) is 1.50.